The summed E-state index contributed by atoms with van der Waals surface area (Å²) in [6.45, 7) is 5.55. The molecule has 0 saturated heterocycles. The van der Waals surface area contributed by atoms with Gasteiger partial charge in [0.2, 0.25) is 0 Å². The third-order valence-electron chi connectivity index (χ3n) is 3.27. The zero-order valence-electron chi connectivity index (χ0n) is 16.8. The van der Waals surface area contributed by atoms with Crippen LogP contribution in [0.1, 0.15) is 5.69 Å². The summed E-state index contributed by atoms with van der Waals surface area (Å²) >= 11 is 0. The zero-order chi connectivity index (χ0) is 20.8. The van der Waals surface area contributed by atoms with E-state index in [-0.39, 0.29) is 13.2 Å². The minimum absolute atomic E-state index is 0.00315. The lowest BCUT2D eigenvalue weighted by molar-refractivity contribution is -0.303. The number of hydrogen-bond acceptors (Lipinski definition) is 11. The van der Waals surface area contributed by atoms with E-state index in [9.17, 15) is 0 Å². The number of hydrogen-bond donors (Lipinski definition) is 2. The maximum absolute atomic E-state index is 8.89. The molecule has 1 aromatic heterocycles. The third-order valence-corrected chi connectivity index (χ3v) is 3.27. The van der Waals surface area contributed by atoms with E-state index in [2.05, 4.69) is 10.3 Å². The summed E-state index contributed by atoms with van der Waals surface area (Å²) in [5.74, 6) is 0. The minimum Gasteiger partial charge on any atom is -0.394 e. The van der Waals surface area contributed by atoms with Crippen molar-refractivity contribution in [1.82, 2.24) is 15.0 Å². The van der Waals surface area contributed by atoms with Gasteiger partial charge in [-0.3, -0.25) is 0 Å². The van der Waals surface area contributed by atoms with Crippen molar-refractivity contribution in [1.29, 1.82) is 0 Å². The molecule has 0 aliphatic rings. The Kier molecular flexibility index (Phi) is 17.9. The Morgan fingerprint density at radius 3 is 1.62 bits per heavy atom. The monoisotopic (exact) mass is 423 g/mol. The summed E-state index contributed by atoms with van der Waals surface area (Å²) in [6.07, 6.45) is 1.68. The molecule has 2 N–H and O–H groups in total. The highest BCUT2D eigenvalue weighted by molar-refractivity contribution is 4.88. The number of aliphatic hydroxyl groups excluding tert-OH is 2. The Labute approximate surface area is 170 Å². The lowest BCUT2D eigenvalue weighted by Gasteiger charge is -2.08. The van der Waals surface area contributed by atoms with Gasteiger partial charge in [-0.1, -0.05) is 5.21 Å². The number of aromatic nitrogens is 3. The van der Waals surface area contributed by atoms with Crippen LogP contribution in [0.2, 0.25) is 0 Å². The van der Waals surface area contributed by atoms with Crippen molar-refractivity contribution in [3.8, 4) is 0 Å². The van der Waals surface area contributed by atoms with E-state index in [0.29, 0.717) is 91.5 Å². The molecule has 0 radical (unpaired) electrons. The van der Waals surface area contributed by atoms with Crippen LogP contribution < -0.4 is 0 Å². The topological polar surface area (TPSA) is 136 Å². The SMILES string of the molecule is OCCOCCOOCCOCCOCCOCCOCCn1cc(CO)nn1. The smallest absolute Gasteiger partial charge is 0.108 e. The van der Waals surface area contributed by atoms with E-state index in [4.69, 9.17) is 43.7 Å². The number of nitrogens with zero attached hydrogens (tertiary/aromatic N) is 3. The number of ether oxygens (including phenoxy) is 5. The van der Waals surface area contributed by atoms with Crippen molar-refractivity contribution in [2.24, 2.45) is 0 Å². The first-order valence-electron chi connectivity index (χ1n) is 9.60. The van der Waals surface area contributed by atoms with E-state index in [1.165, 1.54) is 0 Å². The molecule has 12 nitrogen and oxygen atoms in total. The van der Waals surface area contributed by atoms with E-state index in [1.54, 1.807) is 10.9 Å². The fourth-order valence-corrected chi connectivity index (χ4v) is 1.91. The predicted molar refractivity (Wildman–Crippen MR) is 99.0 cm³/mol. The van der Waals surface area contributed by atoms with E-state index >= 15 is 0 Å². The van der Waals surface area contributed by atoms with Crippen LogP contribution in [-0.2, 0) is 46.6 Å². The summed E-state index contributed by atoms with van der Waals surface area (Å²) in [6, 6.07) is 0. The third kappa shape index (κ3) is 16.3. The lowest BCUT2D eigenvalue weighted by Crippen LogP contribution is -2.14. The molecule has 0 spiro atoms. The molecule has 0 saturated carbocycles. The molecule has 0 aliphatic heterocycles. The maximum atomic E-state index is 8.89. The van der Waals surface area contributed by atoms with Crippen LogP contribution in [0.25, 0.3) is 0 Å². The van der Waals surface area contributed by atoms with Crippen molar-refractivity contribution in [3.05, 3.63) is 11.9 Å². The minimum atomic E-state index is -0.115. The predicted octanol–water partition coefficient (Wildman–Crippen LogP) is -1.21. The van der Waals surface area contributed by atoms with Crippen LogP contribution in [0.15, 0.2) is 6.20 Å². The molecule has 0 aromatic carbocycles. The maximum Gasteiger partial charge on any atom is 0.108 e. The van der Waals surface area contributed by atoms with Crippen LogP contribution in [0.4, 0.5) is 0 Å². The van der Waals surface area contributed by atoms with Gasteiger partial charge >= 0.3 is 0 Å². The summed E-state index contributed by atoms with van der Waals surface area (Å²) in [7, 11) is 0. The molecule has 0 unspecified atom stereocenters. The first kappa shape index (κ1) is 25.8. The van der Waals surface area contributed by atoms with Crippen molar-refractivity contribution < 1.29 is 43.7 Å². The lowest BCUT2D eigenvalue weighted by atomic mass is 10.5. The molecule has 0 atom stereocenters. The van der Waals surface area contributed by atoms with Gasteiger partial charge in [0.1, 0.15) is 18.9 Å². The standard InChI is InChI=1S/C17H33N3O9/c21-2-4-24-11-13-28-29-14-12-27-10-9-26-8-7-25-6-5-23-3-1-20-15-17(16-22)18-19-20/h15,21-22H,1-14,16H2. The highest BCUT2D eigenvalue weighted by Crippen LogP contribution is 1.92. The molecule has 0 bridgehead atoms. The Morgan fingerprint density at radius 2 is 1.14 bits per heavy atom. The largest absolute Gasteiger partial charge is 0.394 e. The van der Waals surface area contributed by atoms with Crippen LogP contribution in [0, 0.1) is 0 Å². The summed E-state index contributed by atoms with van der Waals surface area (Å²) in [4.78, 5) is 9.74. The summed E-state index contributed by atoms with van der Waals surface area (Å²) in [5, 5.41) is 25.0. The van der Waals surface area contributed by atoms with Gasteiger partial charge in [0.25, 0.3) is 0 Å². The quantitative estimate of drug-likeness (QED) is 0.132. The van der Waals surface area contributed by atoms with Gasteiger partial charge in [-0.15, -0.1) is 5.10 Å². The molecule has 29 heavy (non-hydrogen) atoms. The van der Waals surface area contributed by atoms with E-state index < -0.39 is 0 Å². The average Bonchev–Trinajstić information content (AvgIpc) is 3.20. The fraction of sp³-hybridized carbons (Fsp3) is 0.882. The Balaban J connectivity index is 1.69. The molecule has 0 fully saturated rings. The fourth-order valence-electron chi connectivity index (χ4n) is 1.91. The van der Waals surface area contributed by atoms with Gasteiger partial charge in [0.15, 0.2) is 0 Å². The Morgan fingerprint density at radius 1 is 0.655 bits per heavy atom. The van der Waals surface area contributed by atoms with Crippen LogP contribution >= 0.6 is 0 Å². The second-order valence-electron chi connectivity index (χ2n) is 5.56. The second-order valence-corrected chi connectivity index (χ2v) is 5.56. The molecule has 170 valence electrons. The first-order valence-corrected chi connectivity index (χ1v) is 9.60. The van der Waals surface area contributed by atoms with E-state index in [0.717, 1.165) is 0 Å². The molecule has 1 aromatic rings. The van der Waals surface area contributed by atoms with Crippen molar-refractivity contribution in [3.63, 3.8) is 0 Å². The first-order chi connectivity index (χ1) is 14.4. The highest BCUT2D eigenvalue weighted by atomic mass is 17.2. The van der Waals surface area contributed by atoms with E-state index in [1.807, 2.05) is 0 Å². The van der Waals surface area contributed by atoms with Gasteiger partial charge in [-0.25, -0.2) is 14.5 Å². The normalized spacial score (nSPS) is 11.4. The van der Waals surface area contributed by atoms with Gasteiger partial charge in [0, 0.05) is 0 Å². The number of rotatable bonds is 22. The van der Waals surface area contributed by atoms with Crippen molar-refractivity contribution in [2.45, 2.75) is 13.2 Å². The molecule has 0 amide bonds. The molecule has 0 aliphatic carbocycles. The molecule has 1 heterocycles. The summed E-state index contributed by atoms with van der Waals surface area (Å²) in [5.41, 5.74) is 0.540. The molecule has 12 heteroatoms. The zero-order valence-corrected chi connectivity index (χ0v) is 16.8. The summed E-state index contributed by atoms with van der Waals surface area (Å²) < 4.78 is 28.1. The van der Waals surface area contributed by atoms with Crippen LogP contribution in [-0.4, -0.2) is 111 Å². The number of aliphatic hydroxyl groups is 2. The van der Waals surface area contributed by atoms with Crippen LogP contribution in [0.5, 0.6) is 0 Å². The van der Waals surface area contributed by atoms with Gasteiger partial charge < -0.3 is 33.9 Å². The van der Waals surface area contributed by atoms with Crippen molar-refractivity contribution >= 4 is 0 Å². The highest BCUT2D eigenvalue weighted by Gasteiger charge is 1.99. The average molecular weight is 423 g/mol. The molecular weight excluding hydrogens is 390 g/mol. The Hall–Kier alpha value is -1.22. The molecular formula is C17H33N3O9. The van der Waals surface area contributed by atoms with Crippen molar-refractivity contribution in [2.75, 3.05) is 85.9 Å². The van der Waals surface area contributed by atoms with Gasteiger partial charge in [-0.2, -0.15) is 0 Å². The van der Waals surface area contributed by atoms with Gasteiger partial charge in [0.05, 0.1) is 92.0 Å². The molecule has 1 rings (SSSR count). The Bertz CT molecular complexity index is 465. The van der Waals surface area contributed by atoms with Crippen LogP contribution in [0.3, 0.4) is 0 Å². The van der Waals surface area contributed by atoms with Gasteiger partial charge in [-0.05, 0) is 0 Å². The second kappa shape index (κ2) is 20.1.